The minimum absolute atomic E-state index is 0.0411. The Labute approximate surface area is 111 Å². The fourth-order valence-electron chi connectivity index (χ4n) is 2.65. The van der Waals surface area contributed by atoms with Crippen LogP contribution >= 0.6 is 0 Å². The number of hydrogen-bond acceptors (Lipinski definition) is 4. The maximum absolute atomic E-state index is 6.01. The van der Waals surface area contributed by atoms with Gasteiger partial charge in [0.15, 0.2) is 0 Å². The van der Waals surface area contributed by atoms with Crippen LogP contribution in [0.2, 0.25) is 0 Å². The highest BCUT2D eigenvalue weighted by molar-refractivity contribution is 4.94. The first-order chi connectivity index (χ1) is 8.66. The van der Waals surface area contributed by atoms with Crippen LogP contribution in [0.5, 0.6) is 0 Å². The summed E-state index contributed by atoms with van der Waals surface area (Å²) >= 11 is 0. The van der Waals surface area contributed by atoms with Crippen LogP contribution in [0.4, 0.5) is 0 Å². The lowest BCUT2D eigenvalue weighted by atomic mass is 9.83. The Morgan fingerprint density at radius 1 is 1.39 bits per heavy atom. The van der Waals surface area contributed by atoms with E-state index in [1.54, 1.807) is 0 Å². The number of ether oxygens (including phenoxy) is 2. The quantitative estimate of drug-likeness (QED) is 0.661. The summed E-state index contributed by atoms with van der Waals surface area (Å²) < 4.78 is 11.2. The van der Waals surface area contributed by atoms with Gasteiger partial charge in [0.1, 0.15) is 0 Å². The van der Waals surface area contributed by atoms with Gasteiger partial charge in [-0.3, -0.25) is 4.90 Å². The SMILES string of the molecule is CN(CCOCC1CC1)C(C)(CN)C1CCOC1. The summed E-state index contributed by atoms with van der Waals surface area (Å²) in [6.07, 6.45) is 3.84. The molecule has 4 nitrogen and oxygen atoms in total. The molecule has 1 aliphatic carbocycles. The van der Waals surface area contributed by atoms with Gasteiger partial charge in [0, 0.05) is 37.8 Å². The average Bonchev–Trinajstić information content (AvgIpc) is 3.04. The Bertz CT molecular complexity index is 252. The minimum Gasteiger partial charge on any atom is -0.381 e. The summed E-state index contributed by atoms with van der Waals surface area (Å²) in [7, 11) is 2.16. The van der Waals surface area contributed by atoms with Crippen molar-refractivity contribution in [3.8, 4) is 0 Å². The highest BCUT2D eigenvalue weighted by Gasteiger charge is 2.38. The fraction of sp³-hybridized carbons (Fsp3) is 1.00. The van der Waals surface area contributed by atoms with Gasteiger partial charge in [0.05, 0.1) is 13.2 Å². The molecule has 2 N–H and O–H groups in total. The molecule has 0 aromatic rings. The third-order valence-corrected chi connectivity index (χ3v) is 4.72. The van der Waals surface area contributed by atoms with Gasteiger partial charge in [-0.15, -0.1) is 0 Å². The summed E-state index contributed by atoms with van der Waals surface area (Å²) in [4.78, 5) is 2.36. The molecular formula is C14H28N2O2. The Hall–Kier alpha value is -0.160. The monoisotopic (exact) mass is 256 g/mol. The van der Waals surface area contributed by atoms with E-state index in [9.17, 15) is 0 Å². The van der Waals surface area contributed by atoms with Crippen molar-refractivity contribution in [2.75, 3.05) is 46.6 Å². The summed E-state index contributed by atoms with van der Waals surface area (Å²) in [6, 6.07) is 0. The normalized spacial score (nSPS) is 27.7. The molecule has 1 saturated heterocycles. The zero-order chi connectivity index (χ0) is 13.0. The molecule has 0 spiro atoms. The van der Waals surface area contributed by atoms with Crippen LogP contribution < -0.4 is 5.73 Å². The zero-order valence-electron chi connectivity index (χ0n) is 11.9. The molecule has 18 heavy (non-hydrogen) atoms. The summed E-state index contributed by atoms with van der Waals surface area (Å²) in [6.45, 7) is 7.38. The highest BCUT2D eigenvalue weighted by Crippen LogP contribution is 2.30. The van der Waals surface area contributed by atoms with E-state index in [0.717, 1.165) is 45.3 Å². The van der Waals surface area contributed by atoms with Crippen molar-refractivity contribution in [2.24, 2.45) is 17.6 Å². The molecule has 106 valence electrons. The number of likely N-dealkylation sites (N-methyl/N-ethyl adjacent to an activating group) is 1. The highest BCUT2D eigenvalue weighted by atomic mass is 16.5. The van der Waals surface area contributed by atoms with E-state index in [1.807, 2.05) is 0 Å². The van der Waals surface area contributed by atoms with Gasteiger partial charge in [-0.05, 0) is 39.2 Å². The molecule has 0 amide bonds. The third kappa shape index (κ3) is 3.44. The minimum atomic E-state index is 0.0411. The third-order valence-electron chi connectivity index (χ3n) is 4.72. The molecule has 2 unspecified atom stereocenters. The van der Waals surface area contributed by atoms with Crippen molar-refractivity contribution in [2.45, 2.75) is 31.7 Å². The van der Waals surface area contributed by atoms with Gasteiger partial charge in [-0.2, -0.15) is 0 Å². The molecule has 0 aromatic heterocycles. The van der Waals surface area contributed by atoms with Crippen molar-refractivity contribution in [1.29, 1.82) is 0 Å². The second kappa shape index (κ2) is 6.33. The molecule has 1 saturated carbocycles. The number of nitrogens with zero attached hydrogens (tertiary/aromatic N) is 1. The molecule has 2 atom stereocenters. The Morgan fingerprint density at radius 2 is 2.17 bits per heavy atom. The second-order valence-corrected chi connectivity index (χ2v) is 6.06. The van der Waals surface area contributed by atoms with E-state index in [-0.39, 0.29) is 5.54 Å². The van der Waals surface area contributed by atoms with Crippen LogP contribution in [0.15, 0.2) is 0 Å². The summed E-state index contributed by atoms with van der Waals surface area (Å²) in [5.74, 6) is 1.40. The first-order valence-electron chi connectivity index (χ1n) is 7.23. The summed E-state index contributed by atoms with van der Waals surface area (Å²) in [5.41, 5.74) is 6.05. The molecule has 0 radical (unpaired) electrons. The molecule has 1 aliphatic heterocycles. The molecule has 0 bridgehead atoms. The average molecular weight is 256 g/mol. The maximum Gasteiger partial charge on any atom is 0.0593 e. The lowest BCUT2D eigenvalue weighted by Gasteiger charge is -2.42. The topological polar surface area (TPSA) is 47.7 Å². The maximum atomic E-state index is 6.01. The van der Waals surface area contributed by atoms with Gasteiger partial charge in [0.2, 0.25) is 0 Å². The number of hydrogen-bond donors (Lipinski definition) is 1. The molecule has 4 heteroatoms. The van der Waals surface area contributed by atoms with Crippen LogP contribution in [0, 0.1) is 11.8 Å². The summed E-state index contributed by atoms with van der Waals surface area (Å²) in [5, 5.41) is 0. The lowest BCUT2D eigenvalue weighted by molar-refractivity contribution is 0.0324. The van der Waals surface area contributed by atoms with Crippen molar-refractivity contribution in [3.63, 3.8) is 0 Å². The van der Waals surface area contributed by atoms with Crippen LogP contribution in [0.3, 0.4) is 0 Å². The molecule has 2 aliphatic rings. The fourth-order valence-corrected chi connectivity index (χ4v) is 2.65. The standard InChI is InChI=1S/C14H28N2O2/c1-14(11-15,13-5-7-17-10-13)16(2)6-8-18-9-12-3-4-12/h12-13H,3-11,15H2,1-2H3. The van der Waals surface area contributed by atoms with Gasteiger partial charge in [-0.25, -0.2) is 0 Å². The zero-order valence-corrected chi connectivity index (χ0v) is 11.9. The number of rotatable bonds is 8. The molecule has 1 heterocycles. The Balaban J connectivity index is 1.73. The van der Waals surface area contributed by atoms with E-state index in [1.165, 1.54) is 12.8 Å². The second-order valence-electron chi connectivity index (χ2n) is 6.06. The largest absolute Gasteiger partial charge is 0.381 e. The van der Waals surface area contributed by atoms with Crippen molar-refractivity contribution < 1.29 is 9.47 Å². The van der Waals surface area contributed by atoms with E-state index < -0.39 is 0 Å². The van der Waals surface area contributed by atoms with E-state index in [4.69, 9.17) is 15.2 Å². The van der Waals surface area contributed by atoms with E-state index >= 15 is 0 Å². The van der Waals surface area contributed by atoms with Gasteiger partial charge in [-0.1, -0.05) is 0 Å². The lowest BCUT2D eigenvalue weighted by Crippen LogP contribution is -2.56. The van der Waals surface area contributed by atoms with Gasteiger partial charge >= 0.3 is 0 Å². The van der Waals surface area contributed by atoms with E-state index in [0.29, 0.717) is 12.5 Å². The predicted octanol–water partition coefficient (Wildman–Crippen LogP) is 1.10. The van der Waals surface area contributed by atoms with Gasteiger partial charge in [0.25, 0.3) is 0 Å². The molecule has 2 rings (SSSR count). The van der Waals surface area contributed by atoms with Crippen molar-refractivity contribution in [1.82, 2.24) is 4.90 Å². The number of nitrogens with two attached hydrogens (primary N) is 1. The molecular weight excluding hydrogens is 228 g/mol. The van der Waals surface area contributed by atoms with Crippen LogP contribution in [0.25, 0.3) is 0 Å². The molecule has 2 fully saturated rings. The van der Waals surface area contributed by atoms with E-state index in [2.05, 4.69) is 18.9 Å². The van der Waals surface area contributed by atoms with Crippen LogP contribution in [0.1, 0.15) is 26.2 Å². The first-order valence-corrected chi connectivity index (χ1v) is 7.23. The Morgan fingerprint density at radius 3 is 2.72 bits per heavy atom. The van der Waals surface area contributed by atoms with Crippen molar-refractivity contribution >= 4 is 0 Å². The van der Waals surface area contributed by atoms with Crippen LogP contribution in [-0.4, -0.2) is 57.0 Å². The van der Waals surface area contributed by atoms with Crippen molar-refractivity contribution in [3.05, 3.63) is 0 Å². The molecule has 0 aromatic carbocycles. The Kier molecular flexibility index (Phi) is 5.01. The predicted molar refractivity (Wildman–Crippen MR) is 72.6 cm³/mol. The first kappa shape index (κ1) is 14.3. The van der Waals surface area contributed by atoms with Gasteiger partial charge < -0.3 is 15.2 Å². The smallest absolute Gasteiger partial charge is 0.0593 e. The van der Waals surface area contributed by atoms with Crippen LogP contribution in [-0.2, 0) is 9.47 Å².